The number of hydrogen-bond donors (Lipinski definition) is 1. The number of pyridine rings is 1. The van der Waals surface area contributed by atoms with Gasteiger partial charge in [0.1, 0.15) is 4.90 Å². The molecule has 1 fully saturated rings. The molecule has 0 amide bonds. The predicted octanol–water partition coefficient (Wildman–Crippen LogP) is 0.165. The second-order valence-electron chi connectivity index (χ2n) is 3.42. The molecular formula is C9H12N2O4S. The maximum absolute atomic E-state index is 11.2. The molecule has 0 unspecified atom stereocenters. The fraction of sp³-hybridized carbons (Fsp3) is 0.444. The summed E-state index contributed by atoms with van der Waals surface area (Å²) in [6, 6.07) is 1.58. The molecule has 0 atom stereocenters. The zero-order valence-electron chi connectivity index (χ0n) is 8.54. The van der Waals surface area contributed by atoms with Gasteiger partial charge in [-0.25, -0.2) is 0 Å². The van der Waals surface area contributed by atoms with Gasteiger partial charge in [0.05, 0.1) is 25.1 Å². The average Bonchev–Trinajstić information content (AvgIpc) is 2.29. The van der Waals surface area contributed by atoms with E-state index in [0.29, 0.717) is 32.0 Å². The molecule has 1 aliphatic rings. The summed E-state index contributed by atoms with van der Waals surface area (Å²) in [7, 11) is -4.23. The number of nitrogens with zero attached hydrogens (tertiary/aromatic N) is 2. The Balaban J connectivity index is 2.40. The van der Waals surface area contributed by atoms with Gasteiger partial charge in [0, 0.05) is 19.3 Å². The normalized spacial score (nSPS) is 17.4. The molecule has 2 heterocycles. The van der Waals surface area contributed by atoms with Crippen molar-refractivity contribution >= 4 is 15.8 Å². The first-order valence-corrected chi connectivity index (χ1v) is 6.27. The Bertz CT molecular complexity index is 468. The summed E-state index contributed by atoms with van der Waals surface area (Å²) in [5.41, 5.74) is 0.473. The van der Waals surface area contributed by atoms with Crippen LogP contribution in [0.3, 0.4) is 0 Å². The molecule has 0 saturated carbocycles. The van der Waals surface area contributed by atoms with Crippen LogP contribution >= 0.6 is 0 Å². The second kappa shape index (κ2) is 4.36. The van der Waals surface area contributed by atoms with Gasteiger partial charge in [0.2, 0.25) is 0 Å². The molecule has 16 heavy (non-hydrogen) atoms. The highest BCUT2D eigenvalue weighted by Crippen LogP contribution is 2.24. The Morgan fingerprint density at radius 3 is 2.69 bits per heavy atom. The van der Waals surface area contributed by atoms with Crippen LogP contribution in [-0.2, 0) is 14.9 Å². The molecule has 1 aliphatic heterocycles. The van der Waals surface area contributed by atoms with Crippen LogP contribution in [0.5, 0.6) is 0 Å². The Kier molecular flexibility index (Phi) is 3.08. The molecule has 1 aromatic heterocycles. The molecule has 0 aliphatic carbocycles. The van der Waals surface area contributed by atoms with E-state index in [0.717, 1.165) is 6.20 Å². The van der Waals surface area contributed by atoms with Gasteiger partial charge in [0.15, 0.2) is 0 Å². The fourth-order valence-corrected chi connectivity index (χ4v) is 2.29. The van der Waals surface area contributed by atoms with Crippen LogP contribution in [0.15, 0.2) is 23.4 Å². The van der Waals surface area contributed by atoms with Crippen molar-refractivity contribution in [3.8, 4) is 0 Å². The van der Waals surface area contributed by atoms with Crippen molar-refractivity contribution < 1.29 is 17.7 Å². The van der Waals surface area contributed by atoms with Gasteiger partial charge in [-0.15, -0.1) is 0 Å². The largest absolute Gasteiger partial charge is 0.378 e. The van der Waals surface area contributed by atoms with E-state index < -0.39 is 10.1 Å². The lowest BCUT2D eigenvalue weighted by Crippen LogP contribution is -2.37. The van der Waals surface area contributed by atoms with Gasteiger partial charge in [-0.05, 0) is 6.07 Å². The average molecular weight is 244 g/mol. The van der Waals surface area contributed by atoms with Gasteiger partial charge in [-0.2, -0.15) is 8.42 Å². The van der Waals surface area contributed by atoms with Crippen LogP contribution in [-0.4, -0.2) is 44.3 Å². The summed E-state index contributed by atoms with van der Waals surface area (Å²) in [5, 5.41) is 0. The number of ether oxygens (including phenoxy) is 1. The van der Waals surface area contributed by atoms with Crippen molar-refractivity contribution in [3.05, 3.63) is 18.5 Å². The molecule has 0 aromatic carbocycles. The third kappa shape index (κ3) is 2.31. The summed E-state index contributed by atoms with van der Waals surface area (Å²) in [6.45, 7) is 2.31. The molecule has 0 spiro atoms. The first-order valence-electron chi connectivity index (χ1n) is 4.83. The molecule has 0 bridgehead atoms. The van der Waals surface area contributed by atoms with Gasteiger partial charge in [-0.3, -0.25) is 9.54 Å². The monoisotopic (exact) mass is 244 g/mol. The summed E-state index contributed by atoms with van der Waals surface area (Å²) in [4.78, 5) is 5.41. The molecule has 6 nitrogen and oxygen atoms in total. The minimum atomic E-state index is -4.23. The summed E-state index contributed by atoms with van der Waals surface area (Å²) in [6.07, 6.45) is 2.65. The van der Waals surface area contributed by atoms with Crippen molar-refractivity contribution in [1.29, 1.82) is 0 Å². The van der Waals surface area contributed by atoms with Gasteiger partial charge in [-0.1, -0.05) is 0 Å². The minimum absolute atomic E-state index is 0.156. The first kappa shape index (κ1) is 11.3. The molecule has 1 N–H and O–H groups in total. The van der Waals surface area contributed by atoms with Gasteiger partial charge < -0.3 is 9.64 Å². The summed E-state index contributed by atoms with van der Waals surface area (Å²) in [5.74, 6) is 0. The van der Waals surface area contributed by atoms with Crippen molar-refractivity contribution in [2.75, 3.05) is 31.2 Å². The quantitative estimate of drug-likeness (QED) is 0.747. The van der Waals surface area contributed by atoms with Crippen molar-refractivity contribution in [2.24, 2.45) is 0 Å². The highest BCUT2D eigenvalue weighted by atomic mass is 32.2. The third-order valence-corrected chi connectivity index (χ3v) is 3.26. The maximum atomic E-state index is 11.2. The fourth-order valence-electron chi connectivity index (χ4n) is 1.64. The van der Waals surface area contributed by atoms with E-state index in [1.54, 1.807) is 6.07 Å². The third-order valence-electron chi connectivity index (χ3n) is 2.39. The zero-order valence-corrected chi connectivity index (χ0v) is 9.35. The molecule has 0 radical (unpaired) electrons. The number of rotatable bonds is 2. The summed E-state index contributed by atoms with van der Waals surface area (Å²) >= 11 is 0. The molecule has 88 valence electrons. The smallest absolute Gasteiger partial charge is 0.298 e. The lowest BCUT2D eigenvalue weighted by molar-refractivity contribution is 0.122. The number of morpholine rings is 1. The SMILES string of the molecule is O=S(=O)(O)c1cnccc1N1CCOCC1. The standard InChI is InChI=1S/C9H12N2O4S/c12-16(13,14)9-7-10-2-1-8(9)11-3-5-15-6-4-11/h1-2,7H,3-6H2,(H,12,13,14). The van der Waals surface area contributed by atoms with E-state index in [2.05, 4.69) is 4.98 Å². The van der Waals surface area contributed by atoms with Crippen LogP contribution in [0, 0.1) is 0 Å². The van der Waals surface area contributed by atoms with E-state index in [1.807, 2.05) is 4.90 Å². The highest BCUT2D eigenvalue weighted by molar-refractivity contribution is 7.86. The molecule has 1 saturated heterocycles. The van der Waals surface area contributed by atoms with Crippen LogP contribution in [0.25, 0.3) is 0 Å². The predicted molar refractivity (Wildman–Crippen MR) is 57.1 cm³/mol. The lowest BCUT2D eigenvalue weighted by Gasteiger charge is -2.29. The lowest BCUT2D eigenvalue weighted by atomic mass is 10.3. The second-order valence-corrected chi connectivity index (χ2v) is 4.81. The van der Waals surface area contributed by atoms with Crippen LogP contribution in [0.1, 0.15) is 0 Å². The van der Waals surface area contributed by atoms with E-state index in [4.69, 9.17) is 9.29 Å². The van der Waals surface area contributed by atoms with Crippen LogP contribution < -0.4 is 4.90 Å². The van der Waals surface area contributed by atoms with Gasteiger partial charge in [0.25, 0.3) is 10.1 Å². The van der Waals surface area contributed by atoms with Crippen LogP contribution in [0.2, 0.25) is 0 Å². The highest BCUT2D eigenvalue weighted by Gasteiger charge is 2.21. The molecule has 2 rings (SSSR count). The van der Waals surface area contributed by atoms with Crippen molar-refractivity contribution in [2.45, 2.75) is 4.90 Å². The van der Waals surface area contributed by atoms with E-state index >= 15 is 0 Å². The maximum Gasteiger partial charge on any atom is 0.298 e. The number of anilines is 1. The van der Waals surface area contributed by atoms with Crippen molar-refractivity contribution in [3.63, 3.8) is 0 Å². The Morgan fingerprint density at radius 1 is 1.38 bits per heavy atom. The minimum Gasteiger partial charge on any atom is -0.378 e. The number of aromatic nitrogens is 1. The van der Waals surface area contributed by atoms with Gasteiger partial charge >= 0.3 is 0 Å². The first-order chi connectivity index (χ1) is 7.59. The number of hydrogen-bond acceptors (Lipinski definition) is 5. The zero-order chi connectivity index (χ0) is 11.6. The van der Waals surface area contributed by atoms with E-state index in [1.165, 1.54) is 6.20 Å². The Hall–Kier alpha value is -1.18. The van der Waals surface area contributed by atoms with E-state index in [-0.39, 0.29) is 4.90 Å². The summed E-state index contributed by atoms with van der Waals surface area (Å²) < 4.78 is 36.6. The topological polar surface area (TPSA) is 79.7 Å². The Morgan fingerprint density at radius 2 is 2.06 bits per heavy atom. The van der Waals surface area contributed by atoms with Crippen LogP contribution in [0.4, 0.5) is 5.69 Å². The van der Waals surface area contributed by atoms with E-state index in [9.17, 15) is 8.42 Å². The molecule has 1 aromatic rings. The molecule has 7 heteroatoms. The Labute approximate surface area is 93.6 Å². The van der Waals surface area contributed by atoms with Crippen molar-refractivity contribution in [1.82, 2.24) is 4.98 Å². The molecular weight excluding hydrogens is 232 g/mol.